The summed E-state index contributed by atoms with van der Waals surface area (Å²) >= 11 is 0. The molecule has 1 aliphatic heterocycles. The fourth-order valence-electron chi connectivity index (χ4n) is 2.85. The van der Waals surface area contributed by atoms with E-state index in [-0.39, 0.29) is 23.2 Å². The van der Waals surface area contributed by atoms with E-state index >= 15 is 0 Å². The van der Waals surface area contributed by atoms with Gasteiger partial charge in [0, 0.05) is 30.9 Å². The predicted molar refractivity (Wildman–Crippen MR) is 73.6 cm³/mol. The predicted octanol–water partition coefficient (Wildman–Crippen LogP) is 2.40. The largest absolute Gasteiger partial charge is 0.465 e. The number of hydrogen-bond donors (Lipinski definition) is 2. The van der Waals surface area contributed by atoms with Crippen molar-refractivity contribution in [3.05, 3.63) is 18.2 Å². The lowest BCUT2D eigenvalue weighted by Gasteiger charge is -2.44. The average Bonchev–Trinajstić information content (AvgIpc) is 2.89. The summed E-state index contributed by atoms with van der Waals surface area (Å²) in [6, 6.07) is -0.155. The van der Waals surface area contributed by atoms with Gasteiger partial charge in [-0.1, -0.05) is 20.8 Å². The zero-order valence-corrected chi connectivity index (χ0v) is 12.1. The molecule has 2 N–H and O–H groups in total. The molecule has 2 heterocycles. The van der Waals surface area contributed by atoms with Gasteiger partial charge in [-0.05, 0) is 18.3 Å². The fourth-order valence-corrected chi connectivity index (χ4v) is 2.85. The number of piperidine rings is 1. The summed E-state index contributed by atoms with van der Waals surface area (Å²) in [5.41, 5.74) is -0.194. The lowest BCUT2D eigenvalue weighted by Crippen LogP contribution is -2.52. The van der Waals surface area contributed by atoms with Crippen LogP contribution in [-0.2, 0) is 0 Å². The first-order valence-corrected chi connectivity index (χ1v) is 6.84. The molecule has 0 aromatic carbocycles. The molecule has 110 valence electrons. The molecule has 1 aliphatic rings. The maximum absolute atomic E-state index is 12.4. The van der Waals surface area contributed by atoms with E-state index in [1.807, 2.05) is 20.8 Å². The van der Waals surface area contributed by atoms with Crippen LogP contribution in [0.25, 0.3) is 0 Å². The fraction of sp³-hybridized carbons (Fsp3) is 0.643. The van der Waals surface area contributed by atoms with Gasteiger partial charge in [-0.25, -0.2) is 9.78 Å². The maximum Gasteiger partial charge on any atom is 0.407 e. The minimum Gasteiger partial charge on any atom is -0.465 e. The lowest BCUT2D eigenvalue weighted by atomic mass is 9.76. The maximum atomic E-state index is 12.4. The van der Waals surface area contributed by atoms with Gasteiger partial charge in [0.1, 0.15) is 0 Å². The second kappa shape index (κ2) is 5.26. The molecule has 6 heteroatoms. The summed E-state index contributed by atoms with van der Waals surface area (Å²) in [6.45, 7) is 6.42. The molecule has 0 aliphatic carbocycles. The summed E-state index contributed by atoms with van der Waals surface area (Å²) in [7, 11) is 0. The van der Waals surface area contributed by atoms with E-state index in [9.17, 15) is 14.7 Å². The number of imidazole rings is 1. The van der Waals surface area contributed by atoms with Crippen LogP contribution in [-0.4, -0.2) is 44.4 Å². The molecular formula is C14H21N3O3. The molecule has 20 heavy (non-hydrogen) atoms. The van der Waals surface area contributed by atoms with E-state index in [0.29, 0.717) is 25.2 Å². The summed E-state index contributed by atoms with van der Waals surface area (Å²) in [5, 5.41) is 9.30. The monoisotopic (exact) mass is 279 g/mol. The molecule has 1 saturated heterocycles. The standard InChI is InChI=1S/C14H21N3O3/c1-14(2,3)10-8-9(4-7-17(10)13(19)20)11(18)12-15-5-6-16-12/h5-6,9-10H,4,7-8H2,1-3H3,(H,15,16)(H,19,20). The van der Waals surface area contributed by atoms with E-state index in [4.69, 9.17) is 0 Å². The van der Waals surface area contributed by atoms with Crippen LogP contribution in [0.1, 0.15) is 44.2 Å². The topological polar surface area (TPSA) is 86.3 Å². The molecule has 0 spiro atoms. The van der Waals surface area contributed by atoms with Crippen LogP contribution >= 0.6 is 0 Å². The van der Waals surface area contributed by atoms with Gasteiger partial charge < -0.3 is 15.0 Å². The van der Waals surface area contributed by atoms with Gasteiger partial charge in [-0.15, -0.1) is 0 Å². The molecule has 1 aromatic rings. The number of carboxylic acid groups (broad SMARTS) is 1. The molecule has 0 radical (unpaired) electrons. The number of aromatic nitrogens is 2. The zero-order chi connectivity index (χ0) is 14.9. The number of aromatic amines is 1. The zero-order valence-electron chi connectivity index (χ0n) is 12.1. The van der Waals surface area contributed by atoms with Crippen LogP contribution in [0, 0.1) is 11.3 Å². The van der Waals surface area contributed by atoms with E-state index in [0.717, 1.165) is 0 Å². The Morgan fingerprint density at radius 3 is 2.65 bits per heavy atom. The number of Topliss-reactive ketones (excluding diaryl/α,β-unsaturated/α-hetero) is 1. The molecule has 2 atom stereocenters. The number of H-pyrrole nitrogens is 1. The molecule has 1 fully saturated rings. The number of nitrogens with zero attached hydrogens (tertiary/aromatic N) is 2. The highest BCUT2D eigenvalue weighted by atomic mass is 16.4. The molecule has 6 nitrogen and oxygen atoms in total. The van der Waals surface area contributed by atoms with Crippen molar-refractivity contribution in [2.45, 2.75) is 39.7 Å². The quantitative estimate of drug-likeness (QED) is 0.814. The second-order valence-corrected chi connectivity index (χ2v) is 6.38. The molecular weight excluding hydrogens is 258 g/mol. The number of hydrogen-bond acceptors (Lipinski definition) is 3. The van der Waals surface area contributed by atoms with Gasteiger partial charge in [0.05, 0.1) is 0 Å². The van der Waals surface area contributed by atoms with Crippen LogP contribution in [0.5, 0.6) is 0 Å². The van der Waals surface area contributed by atoms with Crippen molar-refractivity contribution in [3.8, 4) is 0 Å². The van der Waals surface area contributed by atoms with Crippen molar-refractivity contribution in [2.24, 2.45) is 11.3 Å². The average molecular weight is 279 g/mol. The first-order valence-electron chi connectivity index (χ1n) is 6.84. The van der Waals surface area contributed by atoms with E-state index in [1.54, 1.807) is 12.4 Å². The normalized spacial score (nSPS) is 23.6. The van der Waals surface area contributed by atoms with Crippen LogP contribution in [0.2, 0.25) is 0 Å². The summed E-state index contributed by atoms with van der Waals surface area (Å²) in [5.74, 6) is 0.182. The second-order valence-electron chi connectivity index (χ2n) is 6.38. The Labute approximate surface area is 118 Å². The summed E-state index contributed by atoms with van der Waals surface area (Å²) < 4.78 is 0. The van der Waals surface area contributed by atoms with E-state index in [2.05, 4.69) is 9.97 Å². The van der Waals surface area contributed by atoms with Crippen molar-refractivity contribution >= 4 is 11.9 Å². The first-order chi connectivity index (χ1) is 9.30. The third kappa shape index (κ3) is 2.84. The third-order valence-electron chi connectivity index (χ3n) is 3.95. The number of rotatable bonds is 2. The van der Waals surface area contributed by atoms with Crippen LogP contribution in [0.15, 0.2) is 12.4 Å². The van der Waals surface area contributed by atoms with Crippen molar-refractivity contribution in [2.75, 3.05) is 6.54 Å². The Bertz CT molecular complexity index is 490. The van der Waals surface area contributed by atoms with Crippen molar-refractivity contribution in [1.82, 2.24) is 14.9 Å². The number of carbonyl (C=O) groups excluding carboxylic acids is 1. The van der Waals surface area contributed by atoms with E-state index in [1.165, 1.54) is 4.90 Å². The van der Waals surface area contributed by atoms with E-state index < -0.39 is 6.09 Å². The SMILES string of the molecule is CC(C)(C)C1CC(C(=O)c2ncc[nH]2)CCN1C(=O)O. The number of amides is 1. The lowest BCUT2D eigenvalue weighted by molar-refractivity contribution is 0.0373. The number of ketones is 1. The van der Waals surface area contributed by atoms with Crippen LogP contribution < -0.4 is 0 Å². The Hall–Kier alpha value is -1.85. The van der Waals surface area contributed by atoms with Gasteiger partial charge in [-0.3, -0.25) is 4.79 Å². The molecule has 1 aromatic heterocycles. The number of likely N-dealkylation sites (tertiary alicyclic amines) is 1. The minimum atomic E-state index is -0.908. The first kappa shape index (κ1) is 14.6. The molecule has 1 amide bonds. The molecule has 2 unspecified atom stereocenters. The van der Waals surface area contributed by atoms with Gasteiger partial charge >= 0.3 is 6.09 Å². The number of carbonyl (C=O) groups is 2. The molecule has 0 saturated carbocycles. The Morgan fingerprint density at radius 1 is 1.45 bits per heavy atom. The van der Waals surface area contributed by atoms with Crippen molar-refractivity contribution in [1.29, 1.82) is 0 Å². The van der Waals surface area contributed by atoms with Gasteiger partial charge in [0.2, 0.25) is 5.78 Å². The van der Waals surface area contributed by atoms with Crippen molar-refractivity contribution in [3.63, 3.8) is 0 Å². The number of nitrogens with one attached hydrogen (secondary N) is 1. The summed E-state index contributed by atoms with van der Waals surface area (Å²) in [6.07, 6.45) is 3.38. The Morgan fingerprint density at radius 2 is 2.15 bits per heavy atom. The van der Waals surface area contributed by atoms with Crippen LogP contribution in [0.3, 0.4) is 0 Å². The third-order valence-corrected chi connectivity index (χ3v) is 3.95. The van der Waals surface area contributed by atoms with Crippen molar-refractivity contribution < 1.29 is 14.7 Å². The molecule has 0 bridgehead atoms. The Balaban J connectivity index is 2.17. The highest BCUT2D eigenvalue weighted by Gasteiger charge is 2.41. The van der Waals surface area contributed by atoms with Gasteiger partial charge in [0.25, 0.3) is 0 Å². The van der Waals surface area contributed by atoms with Gasteiger partial charge in [0.15, 0.2) is 5.82 Å². The van der Waals surface area contributed by atoms with Crippen LogP contribution in [0.4, 0.5) is 4.79 Å². The smallest absolute Gasteiger partial charge is 0.407 e. The van der Waals surface area contributed by atoms with Gasteiger partial charge in [-0.2, -0.15) is 0 Å². The highest BCUT2D eigenvalue weighted by Crippen LogP contribution is 2.35. The Kier molecular flexibility index (Phi) is 3.83. The summed E-state index contributed by atoms with van der Waals surface area (Å²) in [4.78, 5) is 32.0. The highest BCUT2D eigenvalue weighted by molar-refractivity contribution is 5.94. The molecule has 2 rings (SSSR count). The minimum absolute atomic E-state index is 0.0192.